The minimum absolute atomic E-state index is 0.00231. The van der Waals surface area contributed by atoms with Gasteiger partial charge in [-0.1, -0.05) is 0 Å². The summed E-state index contributed by atoms with van der Waals surface area (Å²) in [6.07, 6.45) is 0.0937. The molecule has 10 heavy (non-hydrogen) atoms. The molecule has 5 heteroatoms. The van der Waals surface area contributed by atoms with Crippen molar-refractivity contribution in [3.63, 3.8) is 0 Å². The molecule has 0 aromatic heterocycles. The maximum atomic E-state index is 10.6. The van der Waals surface area contributed by atoms with Gasteiger partial charge in [-0.3, -0.25) is 20.6 Å². The molecule has 0 aliphatic carbocycles. The van der Waals surface area contributed by atoms with Crippen molar-refractivity contribution >= 4 is 11.8 Å². The molecule has 56 valence electrons. The van der Waals surface area contributed by atoms with Crippen LogP contribution in [0.4, 0.5) is 0 Å². The van der Waals surface area contributed by atoms with E-state index in [2.05, 4.69) is 0 Å². The van der Waals surface area contributed by atoms with Gasteiger partial charge in [0, 0.05) is 12.8 Å². The van der Waals surface area contributed by atoms with Crippen LogP contribution in [0.5, 0.6) is 0 Å². The number of hydrogen-bond acceptors (Lipinski definition) is 4. The van der Waals surface area contributed by atoms with Gasteiger partial charge in [-0.05, 0) is 0 Å². The third kappa shape index (κ3) is 1.14. The number of nitrogens with two attached hydrogens (primary N) is 1. The zero-order valence-corrected chi connectivity index (χ0v) is 5.26. The highest BCUT2D eigenvalue weighted by molar-refractivity contribution is 6.01. The summed E-state index contributed by atoms with van der Waals surface area (Å²) in [6, 6.07) is 0. The van der Waals surface area contributed by atoms with Crippen molar-refractivity contribution in [2.75, 3.05) is 0 Å². The Kier molecular flexibility index (Phi) is 1.46. The third-order valence-electron chi connectivity index (χ3n) is 1.38. The highest BCUT2D eigenvalue weighted by atomic mass is 16.3. The van der Waals surface area contributed by atoms with Gasteiger partial charge in [-0.2, -0.15) is 0 Å². The van der Waals surface area contributed by atoms with E-state index in [4.69, 9.17) is 10.8 Å². The van der Waals surface area contributed by atoms with Crippen LogP contribution >= 0.6 is 0 Å². The molecule has 0 aromatic rings. The number of piperidine rings is 1. The van der Waals surface area contributed by atoms with Crippen LogP contribution in [0, 0.1) is 0 Å². The lowest BCUT2D eigenvalue weighted by Crippen LogP contribution is -2.59. The average Bonchev–Trinajstić information content (AvgIpc) is 1.81. The van der Waals surface area contributed by atoms with Gasteiger partial charge in [-0.15, -0.1) is 0 Å². The molecule has 1 heterocycles. The Morgan fingerprint density at radius 1 is 1.60 bits per heavy atom. The van der Waals surface area contributed by atoms with E-state index in [1.807, 2.05) is 5.32 Å². The van der Waals surface area contributed by atoms with Crippen molar-refractivity contribution in [3.05, 3.63) is 0 Å². The molecule has 0 radical (unpaired) electrons. The number of nitrogens with one attached hydrogen (secondary N) is 1. The molecule has 1 aliphatic heterocycles. The van der Waals surface area contributed by atoms with E-state index >= 15 is 0 Å². The van der Waals surface area contributed by atoms with Gasteiger partial charge in [0.1, 0.15) is 0 Å². The largest absolute Gasteiger partial charge is 0.367 e. The van der Waals surface area contributed by atoms with Crippen LogP contribution in [-0.4, -0.2) is 22.6 Å². The average molecular weight is 144 g/mol. The standard InChI is InChI=1S/C5H8N2O3/c6-5(10)2-1-3(8)7-4(5)9/h10H,1-2,6H2,(H,7,8,9). The first-order valence-corrected chi connectivity index (χ1v) is 2.88. The number of imide groups is 1. The molecule has 0 aromatic carbocycles. The monoisotopic (exact) mass is 144 g/mol. The Hall–Kier alpha value is -0.940. The number of amides is 2. The second-order valence-electron chi connectivity index (χ2n) is 2.30. The van der Waals surface area contributed by atoms with Gasteiger partial charge in [0.05, 0.1) is 0 Å². The molecule has 4 N–H and O–H groups in total. The van der Waals surface area contributed by atoms with E-state index < -0.39 is 11.6 Å². The molecule has 1 unspecified atom stereocenters. The summed E-state index contributed by atoms with van der Waals surface area (Å²) in [6.45, 7) is 0. The van der Waals surface area contributed by atoms with E-state index in [0.29, 0.717) is 0 Å². The zero-order chi connectivity index (χ0) is 7.78. The summed E-state index contributed by atoms with van der Waals surface area (Å²) in [7, 11) is 0. The van der Waals surface area contributed by atoms with E-state index in [1.165, 1.54) is 0 Å². The van der Waals surface area contributed by atoms with Crippen LogP contribution in [0.15, 0.2) is 0 Å². The summed E-state index contributed by atoms with van der Waals surface area (Å²) in [5.41, 5.74) is 3.22. The molecule has 0 bridgehead atoms. The van der Waals surface area contributed by atoms with Gasteiger partial charge in [0.25, 0.3) is 5.91 Å². The summed E-state index contributed by atoms with van der Waals surface area (Å²) in [5, 5.41) is 10.9. The Bertz CT molecular complexity index is 187. The molecular weight excluding hydrogens is 136 g/mol. The Labute approximate surface area is 57.2 Å². The van der Waals surface area contributed by atoms with E-state index in [9.17, 15) is 9.59 Å². The number of carbonyl (C=O) groups excluding carboxylic acids is 2. The van der Waals surface area contributed by atoms with Crippen LogP contribution in [0.3, 0.4) is 0 Å². The maximum absolute atomic E-state index is 10.6. The molecule has 5 nitrogen and oxygen atoms in total. The van der Waals surface area contributed by atoms with Gasteiger partial charge in [0.2, 0.25) is 5.91 Å². The van der Waals surface area contributed by atoms with E-state index in [0.717, 1.165) is 0 Å². The highest BCUT2D eigenvalue weighted by Crippen LogP contribution is 2.10. The Morgan fingerprint density at radius 3 is 2.60 bits per heavy atom. The van der Waals surface area contributed by atoms with Gasteiger partial charge < -0.3 is 5.11 Å². The first-order chi connectivity index (χ1) is 4.52. The molecule has 1 rings (SSSR count). The second-order valence-corrected chi connectivity index (χ2v) is 2.30. The Morgan fingerprint density at radius 2 is 2.20 bits per heavy atom. The van der Waals surface area contributed by atoms with Gasteiger partial charge in [0.15, 0.2) is 5.72 Å². The smallest absolute Gasteiger partial charge is 0.273 e. The molecular formula is C5H8N2O3. The van der Waals surface area contributed by atoms with Gasteiger partial charge >= 0.3 is 0 Å². The Balaban J connectivity index is 2.70. The highest BCUT2D eigenvalue weighted by Gasteiger charge is 2.36. The quantitative estimate of drug-likeness (QED) is 0.272. The summed E-state index contributed by atoms with van der Waals surface area (Å²) in [4.78, 5) is 21.1. The number of aliphatic hydroxyl groups is 1. The van der Waals surface area contributed by atoms with Crippen molar-refractivity contribution in [3.8, 4) is 0 Å². The van der Waals surface area contributed by atoms with Crippen molar-refractivity contribution in [2.45, 2.75) is 18.6 Å². The van der Waals surface area contributed by atoms with Crippen LogP contribution < -0.4 is 11.1 Å². The van der Waals surface area contributed by atoms with Crippen molar-refractivity contribution < 1.29 is 14.7 Å². The fourth-order valence-corrected chi connectivity index (χ4v) is 0.715. The fraction of sp³-hybridized carbons (Fsp3) is 0.600. The predicted molar refractivity (Wildman–Crippen MR) is 31.5 cm³/mol. The molecule has 2 amide bonds. The summed E-state index contributed by atoms with van der Waals surface area (Å²) in [5.74, 6) is -1.20. The van der Waals surface area contributed by atoms with Crippen LogP contribution in [0.1, 0.15) is 12.8 Å². The lowest BCUT2D eigenvalue weighted by molar-refractivity contribution is -0.149. The lowest BCUT2D eigenvalue weighted by atomic mass is 10.0. The molecule has 1 aliphatic rings. The normalized spacial score (nSPS) is 33.8. The second kappa shape index (κ2) is 2.03. The van der Waals surface area contributed by atoms with Crippen molar-refractivity contribution in [2.24, 2.45) is 5.73 Å². The minimum Gasteiger partial charge on any atom is -0.367 e. The number of rotatable bonds is 0. The molecule has 0 spiro atoms. The summed E-state index contributed by atoms with van der Waals surface area (Å²) < 4.78 is 0. The third-order valence-corrected chi connectivity index (χ3v) is 1.38. The fourth-order valence-electron chi connectivity index (χ4n) is 0.715. The summed E-state index contributed by atoms with van der Waals surface area (Å²) >= 11 is 0. The maximum Gasteiger partial charge on any atom is 0.273 e. The topological polar surface area (TPSA) is 92.4 Å². The lowest BCUT2D eigenvalue weighted by Gasteiger charge is -2.25. The van der Waals surface area contributed by atoms with Crippen molar-refractivity contribution in [1.29, 1.82) is 0 Å². The zero-order valence-electron chi connectivity index (χ0n) is 5.26. The predicted octanol–water partition coefficient (Wildman–Crippen LogP) is -1.93. The van der Waals surface area contributed by atoms with Crippen LogP contribution in [0.2, 0.25) is 0 Å². The SMILES string of the molecule is NC1(O)CCC(=O)NC1=O. The van der Waals surface area contributed by atoms with E-state index in [-0.39, 0.29) is 18.7 Å². The molecule has 1 atom stereocenters. The number of carbonyl (C=O) groups is 2. The van der Waals surface area contributed by atoms with Gasteiger partial charge in [-0.25, -0.2) is 0 Å². The van der Waals surface area contributed by atoms with Crippen LogP contribution in [0.25, 0.3) is 0 Å². The van der Waals surface area contributed by atoms with E-state index in [1.54, 1.807) is 0 Å². The van der Waals surface area contributed by atoms with Crippen molar-refractivity contribution in [1.82, 2.24) is 5.32 Å². The first kappa shape index (κ1) is 7.17. The molecule has 1 saturated heterocycles. The van der Waals surface area contributed by atoms with Crippen LogP contribution in [-0.2, 0) is 9.59 Å². The minimum atomic E-state index is -1.85. The molecule has 0 saturated carbocycles. The molecule has 1 fully saturated rings. The first-order valence-electron chi connectivity index (χ1n) is 2.88. The number of hydrogen-bond donors (Lipinski definition) is 3.